The van der Waals surface area contributed by atoms with Gasteiger partial charge in [0.25, 0.3) is 0 Å². The van der Waals surface area contributed by atoms with Crippen LogP contribution >= 0.6 is 0 Å². The molecule has 0 amide bonds. The van der Waals surface area contributed by atoms with E-state index in [-0.39, 0.29) is 0 Å². The third kappa shape index (κ3) is 4.85. The highest BCUT2D eigenvalue weighted by atomic mass is 16.5. The number of benzene rings is 1. The first-order valence-corrected chi connectivity index (χ1v) is 5.57. The van der Waals surface area contributed by atoms with Gasteiger partial charge in [-0.2, -0.15) is 5.26 Å². The van der Waals surface area contributed by atoms with Crippen LogP contribution in [-0.4, -0.2) is 45.4 Å². The molecule has 0 atom stereocenters. The van der Waals surface area contributed by atoms with Crippen molar-refractivity contribution in [3.63, 3.8) is 0 Å². The average molecular weight is 234 g/mol. The Kier molecular flexibility index (Phi) is 6.08. The normalized spacial score (nSPS) is 10.2. The highest BCUT2D eigenvalue weighted by molar-refractivity contribution is 5.42. The van der Waals surface area contributed by atoms with Crippen molar-refractivity contribution in [1.82, 2.24) is 4.90 Å². The van der Waals surface area contributed by atoms with Crippen LogP contribution < -0.4 is 4.74 Å². The van der Waals surface area contributed by atoms with Crippen LogP contribution in [0.5, 0.6) is 5.75 Å². The molecular weight excluding hydrogens is 216 g/mol. The summed E-state index contributed by atoms with van der Waals surface area (Å²) in [6.07, 6.45) is 0. The Morgan fingerprint density at radius 1 is 1.24 bits per heavy atom. The summed E-state index contributed by atoms with van der Waals surface area (Å²) < 4.78 is 10.6. The SMILES string of the molecule is COCCN(C)CCOc1ccccc1C#N. The van der Waals surface area contributed by atoms with E-state index >= 15 is 0 Å². The molecule has 1 rings (SSSR count). The van der Waals surface area contributed by atoms with Gasteiger partial charge in [-0.15, -0.1) is 0 Å². The molecule has 17 heavy (non-hydrogen) atoms. The number of nitrogens with zero attached hydrogens (tertiary/aromatic N) is 2. The Bertz CT molecular complexity index is 374. The van der Waals surface area contributed by atoms with E-state index in [1.165, 1.54) is 0 Å². The van der Waals surface area contributed by atoms with Crippen molar-refractivity contribution < 1.29 is 9.47 Å². The Balaban J connectivity index is 2.33. The van der Waals surface area contributed by atoms with Crippen LogP contribution in [-0.2, 0) is 4.74 Å². The second-order valence-corrected chi connectivity index (χ2v) is 3.75. The Hall–Kier alpha value is -1.57. The first-order valence-electron chi connectivity index (χ1n) is 5.57. The molecule has 0 saturated carbocycles. The molecule has 0 aromatic heterocycles. The number of methoxy groups -OCH3 is 1. The zero-order chi connectivity index (χ0) is 12.5. The smallest absolute Gasteiger partial charge is 0.137 e. The van der Waals surface area contributed by atoms with Crippen LogP contribution in [0, 0.1) is 11.3 Å². The number of para-hydroxylation sites is 1. The molecule has 0 aliphatic carbocycles. The highest BCUT2D eigenvalue weighted by Crippen LogP contribution is 2.16. The standard InChI is InChI=1S/C13H18N2O2/c1-15(7-9-16-2)8-10-17-13-6-4-3-5-12(13)11-14/h3-6H,7-10H2,1-2H3. The highest BCUT2D eigenvalue weighted by Gasteiger charge is 2.02. The Morgan fingerprint density at radius 3 is 2.65 bits per heavy atom. The molecule has 0 aliphatic heterocycles. The number of likely N-dealkylation sites (N-methyl/N-ethyl adjacent to an activating group) is 1. The van der Waals surface area contributed by atoms with Crippen molar-refractivity contribution in [3.05, 3.63) is 29.8 Å². The van der Waals surface area contributed by atoms with Crippen molar-refractivity contribution in [2.75, 3.05) is 40.5 Å². The van der Waals surface area contributed by atoms with Crippen molar-refractivity contribution in [1.29, 1.82) is 5.26 Å². The zero-order valence-electron chi connectivity index (χ0n) is 10.3. The third-order valence-electron chi connectivity index (χ3n) is 2.42. The van der Waals surface area contributed by atoms with Gasteiger partial charge in [0.2, 0.25) is 0 Å². The lowest BCUT2D eigenvalue weighted by Gasteiger charge is -2.16. The second-order valence-electron chi connectivity index (χ2n) is 3.75. The van der Waals surface area contributed by atoms with Crippen LogP contribution in [0.1, 0.15) is 5.56 Å². The van der Waals surface area contributed by atoms with Gasteiger partial charge in [-0.1, -0.05) is 12.1 Å². The lowest BCUT2D eigenvalue weighted by atomic mass is 10.2. The monoisotopic (exact) mass is 234 g/mol. The van der Waals surface area contributed by atoms with Crippen molar-refractivity contribution in [3.8, 4) is 11.8 Å². The summed E-state index contributed by atoms with van der Waals surface area (Å²) in [7, 11) is 3.70. The Labute approximate surface area is 102 Å². The van der Waals surface area contributed by atoms with E-state index in [0.717, 1.165) is 13.1 Å². The molecule has 92 valence electrons. The van der Waals surface area contributed by atoms with Gasteiger partial charge < -0.3 is 14.4 Å². The summed E-state index contributed by atoms with van der Waals surface area (Å²) in [4.78, 5) is 2.12. The predicted molar refractivity (Wildman–Crippen MR) is 66.0 cm³/mol. The van der Waals surface area contributed by atoms with Crippen molar-refractivity contribution in [2.24, 2.45) is 0 Å². The molecule has 0 radical (unpaired) electrons. The zero-order valence-corrected chi connectivity index (χ0v) is 10.3. The molecule has 0 spiro atoms. The van der Waals surface area contributed by atoms with Gasteiger partial charge >= 0.3 is 0 Å². The molecular formula is C13H18N2O2. The van der Waals surface area contributed by atoms with E-state index in [0.29, 0.717) is 24.5 Å². The molecule has 4 nitrogen and oxygen atoms in total. The van der Waals surface area contributed by atoms with Crippen LogP contribution in [0.3, 0.4) is 0 Å². The number of ether oxygens (including phenoxy) is 2. The molecule has 1 aromatic carbocycles. The molecule has 0 heterocycles. The fraction of sp³-hybridized carbons (Fsp3) is 0.462. The number of hydrogen-bond acceptors (Lipinski definition) is 4. The quantitative estimate of drug-likeness (QED) is 0.717. The molecule has 0 unspecified atom stereocenters. The summed E-state index contributed by atoms with van der Waals surface area (Å²) in [5.41, 5.74) is 0.576. The second kappa shape index (κ2) is 7.66. The molecule has 0 aliphatic rings. The fourth-order valence-electron chi connectivity index (χ4n) is 1.36. The largest absolute Gasteiger partial charge is 0.491 e. The lowest BCUT2D eigenvalue weighted by Crippen LogP contribution is -2.27. The molecule has 0 bridgehead atoms. The maximum Gasteiger partial charge on any atom is 0.137 e. The minimum atomic E-state index is 0.568. The summed E-state index contributed by atoms with van der Waals surface area (Å²) in [6, 6.07) is 9.37. The minimum Gasteiger partial charge on any atom is -0.491 e. The summed E-state index contributed by atoms with van der Waals surface area (Å²) in [5.74, 6) is 0.648. The lowest BCUT2D eigenvalue weighted by molar-refractivity contribution is 0.150. The van der Waals surface area contributed by atoms with Gasteiger partial charge in [0.15, 0.2) is 0 Å². The molecule has 4 heteroatoms. The van der Waals surface area contributed by atoms with E-state index < -0.39 is 0 Å². The fourth-order valence-corrected chi connectivity index (χ4v) is 1.36. The van der Waals surface area contributed by atoms with E-state index in [1.54, 1.807) is 13.2 Å². The van der Waals surface area contributed by atoms with Gasteiger partial charge in [0.1, 0.15) is 18.4 Å². The van der Waals surface area contributed by atoms with Gasteiger partial charge in [-0.05, 0) is 19.2 Å². The van der Waals surface area contributed by atoms with Gasteiger partial charge in [0.05, 0.1) is 12.2 Å². The minimum absolute atomic E-state index is 0.568. The van der Waals surface area contributed by atoms with E-state index in [1.807, 2.05) is 25.2 Å². The number of nitriles is 1. The molecule has 0 fully saturated rings. The molecule has 1 aromatic rings. The van der Waals surface area contributed by atoms with E-state index in [2.05, 4.69) is 11.0 Å². The van der Waals surface area contributed by atoms with Gasteiger partial charge in [-0.25, -0.2) is 0 Å². The average Bonchev–Trinajstić information content (AvgIpc) is 2.37. The van der Waals surface area contributed by atoms with Crippen LogP contribution in [0.15, 0.2) is 24.3 Å². The van der Waals surface area contributed by atoms with Gasteiger partial charge in [0, 0.05) is 20.2 Å². The van der Waals surface area contributed by atoms with E-state index in [9.17, 15) is 0 Å². The maximum absolute atomic E-state index is 8.89. The predicted octanol–water partition coefficient (Wildman–Crippen LogP) is 1.52. The third-order valence-corrected chi connectivity index (χ3v) is 2.42. The number of rotatable bonds is 7. The van der Waals surface area contributed by atoms with Crippen LogP contribution in [0.25, 0.3) is 0 Å². The first-order chi connectivity index (χ1) is 8.27. The van der Waals surface area contributed by atoms with E-state index in [4.69, 9.17) is 14.7 Å². The van der Waals surface area contributed by atoms with Crippen molar-refractivity contribution in [2.45, 2.75) is 0 Å². The molecule has 0 N–H and O–H groups in total. The topological polar surface area (TPSA) is 45.5 Å². The molecule has 0 saturated heterocycles. The summed E-state index contributed by atoms with van der Waals surface area (Å²) in [6.45, 7) is 2.97. The van der Waals surface area contributed by atoms with Crippen LogP contribution in [0.4, 0.5) is 0 Å². The summed E-state index contributed by atoms with van der Waals surface area (Å²) in [5, 5.41) is 8.89. The Morgan fingerprint density at radius 2 is 1.94 bits per heavy atom. The summed E-state index contributed by atoms with van der Waals surface area (Å²) >= 11 is 0. The van der Waals surface area contributed by atoms with Crippen LogP contribution in [0.2, 0.25) is 0 Å². The first kappa shape index (κ1) is 13.5. The maximum atomic E-state index is 8.89. The van der Waals surface area contributed by atoms with Crippen molar-refractivity contribution >= 4 is 0 Å². The number of hydrogen-bond donors (Lipinski definition) is 0. The van der Waals surface area contributed by atoms with Gasteiger partial charge in [-0.3, -0.25) is 0 Å².